The maximum Gasteiger partial charge on any atom is 0.420 e. The number of pyridine rings is 1. The Labute approximate surface area is 264 Å². The Kier molecular flexibility index (Phi) is 7.74. The summed E-state index contributed by atoms with van der Waals surface area (Å²) in [4.78, 5) is 42.8. The molecule has 46 heavy (non-hydrogen) atoms. The van der Waals surface area contributed by atoms with E-state index in [1.54, 1.807) is 44.7 Å². The highest BCUT2D eigenvalue weighted by atomic mass is 16.6. The average molecular weight is 620 g/mol. The summed E-state index contributed by atoms with van der Waals surface area (Å²) in [6, 6.07) is 18.8. The molecule has 1 aliphatic carbocycles. The minimum atomic E-state index is -0.713. The van der Waals surface area contributed by atoms with Crippen molar-refractivity contribution < 1.29 is 23.5 Å². The number of carbonyl (C=O) groups is 2. The topological polar surface area (TPSA) is 148 Å². The van der Waals surface area contributed by atoms with E-state index in [2.05, 4.69) is 21.7 Å². The van der Waals surface area contributed by atoms with E-state index >= 15 is 0 Å². The van der Waals surface area contributed by atoms with Crippen LogP contribution in [0, 0.1) is 30.1 Å². The van der Waals surface area contributed by atoms with E-state index in [0.717, 1.165) is 28.0 Å². The molecule has 3 aromatic carbocycles. The fraction of sp³-hybridized carbons (Fsp3) is 0.286. The monoisotopic (exact) mass is 619 g/mol. The number of rotatable bonds is 7. The van der Waals surface area contributed by atoms with Crippen LogP contribution in [0.2, 0.25) is 0 Å². The van der Waals surface area contributed by atoms with Gasteiger partial charge in [-0.2, -0.15) is 5.26 Å². The molecule has 11 nitrogen and oxygen atoms in total. The van der Waals surface area contributed by atoms with Crippen LogP contribution in [0.1, 0.15) is 38.3 Å². The Balaban J connectivity index is 1.40. The first-order chi connectivity index (χ1) is 21.9. The number of anilines is 2. The molecule has 2 aromatic heterocycles. The third-order valence-electron chi connectivity index (χ3n) is 7.84. The number of aryl methyl sites for hydroxylation is 1. The van der Waals surface area contributed by atoms with Crippen LogP contribution in [0.5, 0.6) is 5.75 Å². The zero-order valence-corrected chi connectivity index (χ0v) is 26.1. The zero-order chi connectivity index (χ0) is 32.7. The van der Waals surface area contributed by atoms with Gasteiger partial charge in [-0.25, -0.2) is 14.6 Å². The van der Waals surface area contributed by atoms with Gasteiger partial charge in [0.05, 0.1) is 42.8 Å². The molecule has 2 N–H and O–H groups in total. The van der Waals surface area contributed by atoms with E-state index in [1.807, 2.05) is 55.5 Å². The van der Waals surface area contributed by atoms with Gasteiger partial charge in [0.2, 0.25) is 5.91 Å². The molecule has 6 rings (SSSR count). The van der Waals surface area contributed by atoms with Gasteiger partial charge in [-0.3, -0.25) is 14.7 Å². The highest BCUT2D eigenvalue weighted by Gasteiger charge is 2.43. The number of nitrogens with zero attached hydrogens (tertiary/aromatic N) is 3. The normalized spacial score (nSPS) is 15.7. The van der Waals surface area contributed by atoms with Crippen molar-refractivity contribution in [2.75, 3.05) is 17.7 Å². The Morgan fingerprint density at radius 1 is 1.11 bits per heavy atom. The Morgan fingerprint density at radius 2 is 1.87 bits per heavy atom. The SMILES string of the molecule is COc1ccc(Cn2c(=O)oc3cc(-c4cc(NC(=O)OC(C)(C)C)c5cnc(NC(=O)C6CC6C#N)cc5c4)c(C)cc32)cc1. The highest BCUT2D eigenvalue weighted by molar-refractivity contribution is 6.04. The lowest BCUT2D eigenvalue weighted by Crippen LogP contribution is -2.27. The lowest BCUT2D eigenvalue weighted by Gasteiger charge is -2.20. The number of benzene rings is 3. The van der Waals surface area contributed by atoms with Crippen molar-refractivity contribution in [1.29, 1.82) is 5.26 Å². The van der Waals surface area contributed by atoms with Gasteiger partial charge in [-0.1, -0.05) is 12.1 Å². The fourth-order valence-electron chi connectivity index (χ4n) is 5.43. The first-order valence-electron chi connectivity index (χ1n) is 14.8. The van der Waals surface area contributed by atoms with E-state index in [1.165, 1.54) is 0 Å². The van der Waals surface area contributed by atoms with Crippen molar-refractivity contribution in [2.45, 2.75) is 46.3 Å². The van der Waals surface area contributed by atoms with E-state index in [9.17, 15) is 14.4 Å². The number of carbonyl (C=O) groups excluding carboxylic acids is 2. The number of hydrogen-bond acceptors (Lipinski definition) is 8. The van der Waals surface area contributed by atoms with Gasteiger partial charge in [0, 0.05) is 11.6 Å². The van der Waals surface area contributed by atoms with Gasteiger partial charge in [0.1, 0.15) is 17.2 Å². The summed E-state index contributed by atoms with van der Waals surface area (Å²) in [7, 11) is 1.60. The van der Waals surface area contributed by atoms with Crippen LogP contribution >= 0.6 is 0 Å². The molecular formula is C35H33N5O6. The van der Waals surface area contributed by atoms with E-state index in [0.29, 0.717) is 46.3 Å². The van der Waals surface area contributed by atoms with Crippen LogP contribution < -0.4 is 21.1 Å². The molecule has 11 heteroatoms. The Morgan fingerprint density at radius 3 is 2.54 bits per heavy atom. The van der Waals surface area contributed by atoms with Gasteiger partial charge >= 0.3 is 11.8 Å². The van der Waals surface area contributed by atoms with Crippen molar-refractivity contribution >= 4 is 45.4 Å². The smallest absolute Gasteiger partial charge is 0.420 e. The second kappa shape index (κ2) is 11.7. The molecule has 2 heterocycles. The number of amides is 2. The lowest BCUT2D eigenvalue weighted by molar-refractivity contribution is -0.117. The number of oxazole rings is 1. The van der Waals surface area contributed by atoms with E-state index in [-0.39, 0.29) is 17.7 Å². The molecule has 5 aromatic rings. The third-order valence-corrected chi connectivity index (χ3v) is 7.84. The third kappa shape index (κ3) is 6.28. The van der Waals surface area contributed by atoms with Crippen molar-refractivity contribution in [3.8, 4) is 22.9 Å². The van der Waals surface area contributed by atoms with Crippen LogP contribution in [0.4, 0.5) is 16.3 Å². The predicted octanol–water partition coefficient (Wildman–Crippen LogP) is 6.62. The second-order valence-electron chi connectivity index (χ2n) is 12.4. The number of fused-ring (bicyclic) bond motifs is 2. The van der Waals surface area contributed by atoms with Gasteiger partial charge in [-0.05, 0) is 104 Å². The number of ether oxygens (including phenoxy) is 2. The van der Waals surface area contributed by atoms with Crippen molar-refractivity contribution in [2.24, 2.45) is 11.8 Å². The van der Waals surface area contributed by atoms with Gasteiger partial charge in [-0.15, -0.1) is 0 Å². The molecule has 1 saturated carbocycles. The van der Waals surface area contributed by atoms with Crippen molar-refractivity contribution in [3.63, 3.8) is 0 Å². The van der Waals surface area contributed by atoms with Crippen LogP contribution in [0.15, 0.2) is 70.0 Å². The summed E-state index contributed by atoms with van der Waals surface area (Å²) in [5, 5.41) is 16.1. The number of hydrogen-bond donors (Lipinski definition) is 2. The Hall–Kier alpha value is -5.63. The summed E-state index contributed by atoms with van der Waals surface area (Å²) in [5.74, 6) is -0.299. The molecule has 0 radical (unpaired) electrons. The molecule has 0 aliphatic heterocycles. The average Bonchev–Trinajstić information content (AvgIpc) is 3.74. The minimum absolute atomic E-state index is 0.253. The molecular weight excluding hydrogens is 586 g/mol. The number of nitriles is 1. The molecule has 2 amide bonds. The highest BCUT2D eigenvalue weighted by Crippen LogP contribution is 2.39. The quantitative estimate of drug-likeness (QED) is 0.206. The largest absolute Gasteiger partial charge is 0.497 e. The molecule has 0 saturated heterocycles. The van der Waals surface area contributed by atoms with Crippen LogP contribution in [0.25, 0.3) is 33.0 Å². The Bertz CT molecular complexity index is 2100. The number of methoxy groups -OCH3 is 1. The standard InChI is InChI=1S/C35H33N5O6/c1-19-10-29-30(45-34(43)40(29)18-20-6-8-24(44-5)9-7-20)15-25(19)21-11-22-14-31(39-32(41)26-12-23(26)16-36)37-17-27(22)28(13-21)38-33(42)46-35(2,3)4/h6-11,13-15,17,23,26H,12,18H2,1-5H3,(H,38,42)(H,37,39,41). The zero-order valence-electron chi connectivity index (χ0n) is 26.1. The lowest BCUT2D eigenvalue weighted by atomic mass is 9.96. The van der Waals surface area contributed by atoms with Gasteiger partial charge < -0.3 is 19.2 Å². The molecule has 0 spiro atoms. The first-order valence-corrected chi connectivity index (χ1v) is 14.8. The molecule has 2 atom stereocenters. The summed E-state index contributed by atoms with van der Waals surface area (Å²) < 4.78 is 18.0. The number of aromatic nitrogens is 2. The molecule has 234 valence electrons. The van der Waals surface area contributed by atoms with Gasteiger partial charge in [0.25, 0.3) is 0 Å². The van der Waals surface area contributed by atoms with Crippen molar-refractivity contribution in [3.05, 3.63) is 82.5 Å². The molecule has 2 unspecified atom stereocenters. The van der Waals surface area contributed by atoms with Crippen molar-refractivity contribution in [1.82, 2.24) is 9.55 Å². The minimum Gasteiger partial charge on any atom is -0.497 e. The summed E-state index contributed by atoms with van der Waals surface area (Å²) in [6.45, 7) is 7.60. The number of nitrogens with one attached hydrogen (secondary N) is 2. The maximum absolute atomic E-state index is 13.0. The molecule has 1 aliphatic rings. The molecule has 0 bridgehead atoms. The summed E-state index contributed by atoms with van der Waals surface area (Å²) >= 11 is 0. The van der Waals surface area contributed by atoms with Gasteiger partial charge in [0.15, 0.2) is 5.58 Å². The maximum atomic E-state index is 13.0. The van der Waals surface area contributed by atoms with Crippen LogP contribution in [-0.2, 0) is 16.1 Å². The van der Waals surface area contributed by atoms with E-state index in [4.69, 9.17) is 19.2 Å². The first kappa shape index (κ1) is 30.4. The predicted molar refractivity (Wildman–Crippen MR) is 174 cm³/mol. The summed E-state index contributed by atoms with van der Waals surface area (Å²) in [6.07, 6.45) is 1.47. The van der Waals surface area contributed by atoms with Crippen LogP contribution in [-0.4, -0.2) is 34.3 Å². The second-order valence-corrected chi connectivity index (χ2v) is 12.4. The summed E-state index contributed by atoms with van der Waals surface area (Å²) in [5.41, 5.74) is 4.12. The van der Waals surface area contributed by atoms with E-state index < -0.39 is 17.5 Å². The molecule has 1 fully saturated rings. The fourth-order valence-corrected chi connectivity index (χ4v) is 5.43. The van der Waals surface area contributed by atoms with Crippen LogP contribution in [0.3, 0.4) is 0 Å².